The van der Waals surface area contributed by atoms with Gasteiger partial charge in [0.15, 0.2) is 0 Å². The van der Waals surface area contributed by atoms with Crippen LogP contribution in [0.5, 0.6) is 0 Å². The van der Waals surface area contributed by atoms with E-state index >= 15 is 0 Å². The molecule has 1 unspecified atom stereocenters. The highest BCUT2D eigenvalue weighted by atomic mass is 32.2. The summed E-state index contributed by atoms with van der Waals surface area (Å²) < 4.78 is 26.6. The fourth-order valence-corrected chi connectivity index (χ4v) is 1.77. The molecule has 0 aromatic carbocycles. The molecule has 0 radical (unpaired) electrons. The molecule has 1 atom stereocenters. The third kappa shape index (κ3) is 6.76. The van der Waals surface area contributed by atoms with E-state index in [-0.39, 0.29) is 18.1 Å². The van der Waals surface area contributed by atoms with Crippen molar-refractivity contribution in [3.8, 4) is 0 Å². The van der Waals surface area contributed by atoms with E-state index in [1.165, 1.54) is 4.90 Å². The molecule has 7 heteroatoms. The predicted molar refractivity (Wildman–Crippen MR) is 61.8 cm³/mol. The van der Waals surface area contributed by atoms with E-state index in [9.17, 15) is 13.2 Å². The third-order valence-electron chi connectivity index (χ3n) is 2.12. The van der Waals surface area contributed by atoms with Crippen LogP contribution in [0, 0.1) is 0 Å². The summed E-state index contributed by atoms with van der Waals surface area (Å²) in [7, 11) is 0.0855. The van der Waals surface area contributed by atoms with Gasteiger partial charge in [0, 0.05) is 27.0 Å². The van der Waals surface area contributed by atoms with Gasteiger partial charge >= 0.3 is 0 Å². The Hall–Kier alpha value is -0.660. The van der Waals surface area contributed by atoms with E-state index in [0.717, 1.165) is 6.26 Å². The van der Waals surface area contributed by atoms with Crippen molar-refractivity contribution in [3.05, 3.63) is 0 Å². The van der Waals surface area contributed by atoms with Crippen LogP contribution in [-0.2, 0) is 19.4 Å². The molecule has 0 aliphatic carbocycles. The monoisotopic (exact) mass is 252 g/mol. The Labute approximate surface area is 96.7 Å². The van der Waals surface area contributed by atoms with Gasteiger partial charge in [-0.1, -0.05) is 0 Å². The van der Waals surface area contributed by atoms with Crippen molar-refractivity contribution in [1.82, 2.24) is 4.90 Å². The minimum atomic E-state index is -3.07. The smallest absolute Gasteiger partial charge is 0.239 e. The number of ether oxygens (including phenoxy) is 1. The summed E-state index contributed by atoms with van der Waals surface area (Å²) in [6, 6.07) is -0.767. The zero-order valence-electron chi connectivity index (χ0n) is 9.97. The van der Waals surface area contributed by atoms with Crippen LogP contribution in [0.2, 0.25) is 0 Å². The molecular weight excluding hydrogens is 232 g/mol. The van der Waals surface area contributed by atoms with Crippen molar-refractivity contribution in [1.29, 1.82) is 0 Å². The van der Waals surface area contributed by atoms with E-state index in [2.05, 4.69) is 0 Å². The van der Waals surface area contributed by atoms with E-state index in [1.54, 1.807) is 14.2 Å². The molecule has 0 rings (SSSR count). The summed E-state index contributed by atoms with van der Waals surface area (Å²) in [6.45, 7) is 0.878. The van der Waals surface area contributed by atoms with Gasteiger partial charge in [-0.05, 0) is 6.42 Å². The Morgan fingerprint density at radius 1 is 1.50 bits per heavy atom. The zero-order valence-corrected chi connectivity index (χ0v) is 10.8. The maximum Gasteiger partial charge on any atom is 0.239 e. The minimum absolute atomic E-state index is 0.0714. The Bertz CT molecular complexity index is 315. The number of hydrogen-bond acceptors (Lipinski definition) is 5. The zero-order chi connectivity index (χ0) is 12.8. The highest BCUT2D eigenvalue weighted by Crippen LogP contribution is 1.98. The molecule has 6 nitrogen and oxygen atoms in total. The molecule has 0 heterocycles. The highest BCUT2D eigenvalue weighted by Gasteiger charge is 2.19. The predicted octanol–water partition coefficient (Wildman–Crippen LogP) is -1.15. The number of carbonyl (C=O) groups is 1. The lowest BCUT2D eigenvalue weighted by Crippen LogP contribution is -2.43. The molecule has 0 saturated heterocycles. The number of hydrogen-bond donors (Lipinski definition) is 1. The van der Waals surface area contributed by atoms with Crippen LogP contribution in [0.1, 0.15) is 6.42 Å². The van der Waals surface area contributed by atoms with Crippen LogP contribution >= 0.6 is 0 Å². The van der Waals surface area contributed by atoms with Gasteiger partial charge in [-0.3, -0.25) is 4.79 Å². The van der Waals surface area contributed by atoms with Crippen molar-refractivity contribution in [2.75, 3.05) is 39.3 Å². The lowest BCUT2D eigenvalue weighted by atomic mass is 10.2. The number of nitrogens with two attached hydrogens (primary N) is 1. The summed E-state index contributed by atoms with van der Waals surface area (Å²) >= 11 is 0. The molecule has 0 aromatic rings. The first-order valence-corrected chi connectivity index (χ1v) is 7.01. The van der Waals surface area contributed by atoms with Crippen molar-refractivity contribution in [2.45, 2.75) is 12.5 Å². The molecule has 0 fully saturated rings. The van der Waals surface area contributed by atoms with Gasteiger partial charge in [-0.2, -0.15) is 0 Å². The second-order valence-corrected chi connectivity index (χ2v) is 6.04. The maximum atomic E-state index is 11.6. The highest BCUT2D eigenvalue weighted by molar-refractivity contribution is 7.90. The third-order valence-corrected chi connectivity index (χ3v) is 3.10. The van der Waals surface area contributed by atoms with Crippen molar-refractivity contribution in [2.24, 2.45) is 5.73 Å². The van der Waals surface area contributed by atoms with Crippen LogP contribution in [0.15, 0.2) is 0 Å². The number of methoxy groups -OCH3 is 1. The summed E-state index contributed by atoms with van der Waals surface area (Å²) in [5.41, 5.74) is 5.60. The molecule has 96 valence electrons. The van der Waals surface area contributed by atoms with E-state index < -0.39 is 15.9 Å². The van der Waals surface area contributed by atoms with Gasteiger partial charge < -0.3 is 15.4 Å². The van der Waals surface area contributed by atoms with Crippen molar-refractivity contribution in [3.63, 3.8) is 0 Å². The molecule has 2 N–H and O–H groups in total. The fraction of sp³-hybridized carbons (Fsp3) is 0.889. The molecule has 0 bridgehead atoms. The topological polar surface area (TPSA) is 89.7 Å². The van der Waals surface area contributed by atoms with Gasteiger partial charge in [-0.25, -0.2) is 8.42 Å². The lowest BCUT2D eigenvalue weighted by Gasteiger charge is -2.20. The van der Waals surface area contributed by atoms with Crippen LogP contribution in [0.4, 0.5) is 0 Å². The first-order valence-electron chi connectivity index (χ1n) is 4.95. The van der Waals surface area contributed by atoms with E-state index in [0.29, 0.717) is 13.2 Å². The van der Waals surface area contributed by atoms with Gasteiger partial charge in [-0.15, -0.1) is 0 Å². The normalized spacial score (nSPS) is 13.5. The number of carbonyl (C=O) groups excluding carboxylic acids is 1. The molecule has 0 spiro atoms. The Morgan fingerprint density at radius 3 is 2.50 bits per heavy atom. The molecular formula is C9H20N2O4S. The molecule has 0 aromatic heterocycles. The summed E-state index contributed by atoms with van der Waals surface area (Å²) in [4.78, 5) is 13.1. The minimum Gasteiger partial charge on any atom is -0.383 e. The first-order chi connectivity index (χ1) is 7.28. The largest absolute Gasteiger partial charge is 0.383 e. The number of amides is 1. The fourth-order valence-electron chi connectivity index (χ4n) is 1.09. The summed E-state index contributed by atoms with van der Waals surface area (Å²) in [6.07, 6.45) is 1.27. The summed E-state index contributed by atoms with van der Waals surface area (Å²) in [5, 5.41) is 0. The number of likely N-dealkylation sites (N-methyl/N-ethyl adjacent to an activating group) is 1. The van der Waals surface area contributed by atoms with Crippen molar-refractivity contribution < 1.29 is 17.9 Å². The van der Waals surface area contributed by atoms with Crippen molar-refractivity contribution >= 4 is 15.7 Å². The number of sulfone groups is 1. The van der Waals surface area contributed by atoms with Gasteiger partial charge in [0.1, 0.15) is 9.84 Å². The van der Waals surface area contributed by atoms with Gasteiger partial charge in [0.25, 0.3) is 0 Å². The Morgan fingerprint density at radius 2 is 2.06 bits per heavy atom. The molecule has 0 aliphatic heterocycles. The second-order valence-electron chi connectivity index (χ2n) is 3.78. The van der Waals surface area contributed by atoms with E-state index in [1.807, 2.05) is 0 Å². The average molecular weight is 252 g/mol. The molecule has 0 saturated carbocycles. The maximum absolute atomic E-state index is 11.6. The second kappa shape index (κ2) is 6.82. The first kappa shape index (κ1) is 15.3. The van der Waals surface area contributed by atoms with Crippen LogP contribution in [0.3, 0.4) is 0 Å². The lowest BCUT2D eigenvalue weighted by molar-refractivity contribution is -0.131. The standard InChI is InChI=1S/C9H20N2O4S/c1-11(5-6-15-2)9(12)8(10)4-7-16(3,13)14/h8H,4-7,10H2,1-3H3. The van der Waals surface area contributed by atoms with Gasteiger partial charge in [0.2, 0.25) is 5.91 Å². The van der Waals surface area contributed by atoms with Crippen LogP contribution in [0.25, 0.3) is 0 Å². The number of rotatable bonds is 7. The SMILES string of the molecule is COCCN(C)C(=O)C(N)CCS(C)(=O)=O. The molecule has 0 aliphatic rings. The summed E-state index contributed by atoms with van der Waals surface area (Å²) in [5.74, 6) is -0.335. The molecule has 16 heavy (non-hydrogen) atoms. The quantitative estimate of drug-likeness (QED) is 0.618. The van der Waals surface area contributed by atoms with Gasteiger partial charge in [0.05, 0.1) is 18.4 Å². The average Bonchev–Trinajstić information content (AvgIpc) is 2.20. The van der Waals surface area contributed by atoms with Crippen LogP contribution < -0.4 is 5.73 Å². The van der Waals surface area contributed by atoms with Crippen LogP contribution in [-0.4, -0.2) is 64.6 Å². The molecule has 1 amide bonds. The van der Waals surface area contributed by atoms with E-state index in [4.69, 9.17) is 10.5 Å². The number of nitrogens with zero attached hydrogens (tertiary/aromatic N) is 1. The Balaban J connectivity index is 4.07. The Kier molecular flexibility index (Phi) is 6.54.